The number of hydrogen-bond acceptors (Lipinski definition) is 8. The number of nitrogens with one attached hydrogen (secondary N) is 2. The van der Waals surface area contributed by atoms with Crippen LogP contribution in [0.3, 0.4) is 0 Å². The fraction of sp³-hybridized carbons (Fsp3) is 0.941. The third kappa shape index (κ3) is 5.11. The van der Waals surface area contributed by atoms with Crippen molar-refractivity contribution >= 4 is 17.7 Å². The van der Waals surface area contributed by atoms with E-state index in [2.05, 4.69) is 10.6 Å². The SMILES string of the molecule is CCCC1(F)CN[C@H](C(=O)N[C@@H]([C@H]2O[C@H](SC)[C@H](O)[C@@H](O)[C@H]2O)[C@@H](C)O)C1. The molecule has 158 valence electrons. The van der Waals surface area contributed by atoms with Gasteiger partial charge in [0, 0.05) is 13.0 Å². The number of aliphatic hydroxyl groups excluding tert-OH is 4. The highest BCUT2D eigenvalue weighted by molar-refractivity contribution is 7.99. The second kappa shape index (κ2) is 9.34. The second-order valence-corrected chi connectivity index (χ2v) is 8.43. The van der Waals surface area contributed by atoms with Gasteiger partial charge in [0.05, 0.1) is 18.2 Å². The Bertz CT molecular complexity index is 514. The van der Waals surface area contributed by atoms with Crippen LogP contribution in [0.2, 0.25) is 0 Å². The molecule has 10 heteroatoms. The molecule has 2 saturated heterocycles. The number of rotatable bonds is 7. The van der Waals surface area contributed by atoms with Crippen LogP contribution in [0.1, 0.15) is 33.1 Å². The van der Waals surface area contributed by atoms with Gasteiger partial charge < -0.3 is 35.8 Å². The van der Waals surface area contributed by atoms with Gasteiger partial charge >= 0.3 is 0 Å². The van der Waals surface area contributed by atoms with E-state index in [1.807, 2.05) is 6.92 Å². The lowest BCUT2D eigenvalue weighted by Gasteiger charge is -2.44. The number of alkyl halides is 1. The van der Waals surface area contributed by atoms with Crippen molar-refractivity contribution in [1.29, 1.82) is 0 Å². The van der Waals surface area contributed by atoms with Crippen molar-refractivity contribution in [3.63, 3.8) is 0 Å². The maximum absolute atomic E-state index is 14.6. The molecule has 1 amide bonds. The van der Waals surface area contributed by atoms with E-state index in [4.69, 9.17) is 4.74 Å². The zero-order chi connectivity index (χ0) is 20.4. The van der Waals surface area contributed by atoms with Crippen LogP contribution in [0.25, 0.3) is 0 Å². The third-order valence-electron chi connectivity index (χ3n) is 5.27. The predicted octanol–water partition coefficient (Wildman–Crippen LogP) is -1.11. The van der Waals surface area contributed by atoms with Gasteiger partial charge in [-0.3, -0.25) is 4.79 Å². The van der Waals surface area contributed by atoms with Crippen LogP contribution in [0.4, 0.5) is 4.39 Å². The Morgan fingerprint density at radius 1 is 1.37 bits per heavy atom. The third-order valence-corrected chi connectivity index (χ3v) is 6.13. The van der Waals surface area contributed by atoms with E-state index in [-0.39, 0.29) is 13.0 Å². The van der Waals surface area contributed by atoms with Gasteiger partial charge in [-0.05, 0) is 19.6 Å². The minimum absolute atomic E-state index is 0.0298. The van der Waals surface area contributed by atoms with E-state index < -0.39 is 59.6 Å². The molecule has 0 saturated carbocycles. The summed E-state index contributed by atoms with van der Waals surface area (Å²) in [4.78, 5) is 12.6. The average Bonchev–Trinajstić information content (AvgIpc) is 3.00. The first-order valence-electron chi connectivity index (χ1n) is 9.26. The van der Waals surface area contributed by atoms with Crippen LogP contribution >= 0.6 is 11.8 Å². The first-order chi connectivity index (χ1) is 12.6. The summed E-state index contributed by atoms with van der Waals surface area (Å²) in [6, 6.07) is -1.79. The van der Waals surface area contributed by atoms with Gasteiger partial charge in [-0.2, -0.15) is 0 Å². The van der Waals surface area contributed by atoms with Gasteiger partial charge in [0.1, 0.15) is 35.5 Å². The molecule has 0 aromatic carbocycles. The number of thioether (sulfide) groups is 1. The largest absolute Gasteiger partial charge is 0.391 e. The Kier molecular flexibility index (Phi) is 7.88. The van der Waals surface area contributed by atoms with Gasteiger partial charge in [-0.15, -0.1) is 11.8 Å². The molecule has 0 aromatic rings. The highest BCUT2D eigenvalue weighted by Crippen LogP contribution is 2.31. The summed E-state index contributed by atoms with van der Waals surface area (Å²) < 4.78 is 20.2. The lowest BCUT2D eigenvalue weighted by molar-refractivity contribution is -0.211. The molecule has 2 fully saturated rings. The van der Waals surface area contributed by atoms with E-state index in [1.54, 1.807) is 6.26 Å². The van der Waals surface area contributed by atoms with Crippen LogP contribution in [-0.2, 0) is 9.53 Å². The van der Waals surface area contributed by atoms with Gasteiger partial charge in [-0.1, -0.05) is 13.3 Å². The molecule has 8 nitrogen and oxygen atoms in total. The van der Waals surface area contributed by atoms with Crippen LogP contribution < -0.4 is 10.6 Å². The minimum Gasteiger partial charge on any atom is -0.391 e. The molecular weight excluding hydrogens is 379 g/mol. The smallest absolute Gasteiger partial charge is 0.237 e. The number of carbonyl (C=O) groups is 1. The number of halogens is 1. The van der Waals surface area contributed by atoms with Gasteiger partial charge in [0.15, 0.2) is 0 Å². The van der Waals surface area contributed by atoms with Crippen molar-refractivity contribution < 1.29 is 34.3 Å². The van der Waals surface area contributed by atoms with Crippen LogP contribution in [0, 0.1) is 0 Å². The Hall–Kier alpha value is -0.490. The molecule has 0 aromatic heterocycles. The molecule has 2 aliphatic heterocycles. The molecule has 27 heavy (non-hydrogen) atoms. The average molecular weight is 411 g/mol. The Morgan fingerprint density at radius 2 is 2.04 bits per heavy atom. The van der Waals surface area contributed by atoms with Gasteiger partial charge in [-0.25, -0.2) is 4.39 Å². The molecule has 6 N–H and O–H groups in total. The van der Waals surface area contributed by atoms with Crippen molar-refractivity contribution in [2.45, 2.75) is 86.8 Å². The zero-order valence-corrected chi connectivity index (χ0v) is 16.7. The van der Waals surface area contributed by atoms with Gasteiger partial charge in [0.25, 0.3) is 0 Å². The van der Waals surface area contributed by atoms with E-state index >= 15 is 0 Å². The minimum atomic E-state index is -1.50. The summed E-state index contributed by atoms with van der Waals surface area (Å²) >= 11 is 1.14. The Balaban J connectivity index is 2.08. The van der Waals surface area contributed by atoms with E-state index in [0.717, 1.165) is 11.8 Å². The molecule has 0 aliphatic carbocycles. The molecule has 2 rings (SSSR count). The molecule has 0 radical (unpaired) electrons. The molecule has 0 bridgehead atoms. The summed E-state index contributed by atoms with van der Waals surface area (Å²) in [6.07, 6.45) is -3.79. The standard InChI is InChI=1S/C17H31FN2O6S/c1-4-5-17(18)6-9(19-7-17)15(25)20-10(8(2)21)14-12(23)11(22)13(24)16(26-14)27-3/h8-14,16,19,21-24H,4-7H2,1-3H3,(H,20,25)/t8-,9+,10-,11+,12-,13-,14-,16-,17?/m1/s1. The van der Waals surface area contributed by atoms with E-state index in [1.165, 1.54) is 6.92 Å². The predicted molar refractivity (Wildman–Crippen MR) is 99.0 cm³/mol. The maximum atomic E-state index is 14.6. The topological polar surface area (TPSA) is 131 Å². The summed E-state index contributed by atoms with van der Waals surface area (Å²) in [6.45, 7) is 3.38. The quantitative estimate of drug-likeness (QED) is 0.312. The highest BCUT2D eigenvalue weighted by Gasteiger charge is 2.49. The number of aliphatic hydroxyl groups is 4. The molecule has 1 unspecified atom stereocenters. The van der Waals surface area contributed by atoms with Crippen molar-refractivity contribution in [1.82, 2.24) is 10.6 Å². The van der Waals surface area contributed by atoms with Crippen LogP contribution in [0.15, 0.2) is 0 Å². The van der Waals surface area contributed by atoms with Crippen LogP contribution in [-0.4, -0.2) is 92.8 Å². The summed E-state index contributed by atoms with van der Waals surface area (Å²) in [7, 11) is 0. The van der Waals surface area contributed by atoms with Crippen molar-refractivity contribution in [2.75, 3.05) is 12.8 Å². The van der Waals surface area contributed by atoms with Gasteiger partial charge in [0.2, 0.25) is 5.91 Å². The molecular formula is C17H31FN2O6S. The lowest BCUT2D eigenvalue weighted by atomic mass is 9.91. The summed E-state index contributed by atoms with van der Waals surface area (Å²) in [5.41, 5.74) is -2.26. The van der Waals surface area contributed by atoms with Crippen molar-refractivity contribution in [3.05, 3.63) is 0 Å². The number of amides is 1. The molecule has 0 spiro atoms. The van der Waals surface area contributed by atoms with Crippen LogP contribution in [0.5, 0.6) is 0 Å². The van der Waals surface area contributed by atoms with E-state index in [9.17, 15) is 29.6 Å². The van der Waals surface area contributed by atoms with Crippen molar-refractivity contribution in [2.24, 2.45) is 0 Å². The fourth-order valence-electron chi connectivity index (χ4n) is 3.75. The highest BCUT2D eigenvalue weighted by atomic mass is 32.2. The zero-order valence-electron chi connectivity index (χ0n) is 15.8. The normalized spacial score (nSPS) is 41.9. The fourth-order valence-corrected chi connectivity index (χ4v) is 4.43. The van der Waals surface area contributed by atoms with Crippen molar-refractivity contribution in [3.8, 4) is 0 Å². The summed E-state index contributed by atoms with van der Waals surface area (Å²) in [5.74, 6) is -0.506. The Morgan fingerprint density at radius 3 is 2.59 bits per heavy atom. The van der Waals surface area contributed by atoms with E-state index in [0.29, 0.717) is 12.8 Å². The first kappa shape index (κ1) is 22.8. The maximum Gasteiger partial charge on any atom is 0.237 e. The number of ether oxygens (including phenoxy) is 1. The molecule has 2 aliphatic rings. The number of hydrogen-bond donors (Lipinski definition) is 6. The molecule has 9 atom stereocenters. The molecule has 2 heterocycles. The first-order valence-corrected chi connectivity index (χ1v) is 10.6. The summed E-state index contributed by atoms with van der Waals surface area (Å²) in [5, 5.41) is 45.9. The monoisotopic (exact) mass is 410 g/mol. The second-order valence-electron chi connectivity index (χ2n) is 7.49. The Labute approximate surface area is 162 Å². The lowest BCUT2D eigenvalue weighted by Crippen LogP contribution is -2.65. The number of carbonyl (C=O) groups excluding carboxylic acids is 1.